The highest BCUT2D eigenvalue weighted by molar-refractivity contribution is 7.99. The monoisotopic (exact) mass is 284 g/mol. The highest BCUT2D eigenvalue weighted by Crippen LogP contribution is 2.26. The fourth-order valence-electron chi connectivity index (χ4n) is 1.99. The van der Waals surface area contributed by atoms with Crippen LogP contribution in [0.15, 0.2) is 23.1 Å². The van der Waals surface area contributed by atoms with Crippen LogP contribution in [0, 0.1) is 0 Å². The molecule has 1 aromatic rings. The standard InChI is InChI=1S/C13H17ClN2OS/c1-2-18-12-4-3-10(14)9-11(12)13(17)16-7-5-15-6-8-16/h3-4,9,15H,2,5-8H2,1H3. The van der Waals surface area contributed by atoms with E-state index in [0.29, 0.717) is 5.02 Å². The van der Waals surface area contributed by atoms with Crippen molar-refractivity contribution >= 4 is 29.3 Å². The normalized spacial score (nSPS) is 15.8. The number of carbonyl (C=O) groups excluding carboxylic acids is 1. The van der Waals surface area contributed by atoms with Gasteiger partial charge in [-0.3, -0.25) is 4.79 Å². The smallest absolute Gasteiger partial charge is 0.255 e. The third-order valence-corrected chi connectivity index (χ3v) is 4.07. The van der Waals surface area contributed by atoms with Gasteiger partial charge in [0.15, 0.2) is 0 Å². The number of hydrogen-bond donors (Lipinski definition) is 1. The number of hydrogen-bond acceptors (Lipinski definition) is 3. The Morgan fingerprint density at radius 3 is 2.83 bits per heavy atom. The molecule has 0 spiro atoms. The zero-order valence-corrected chi connectivity index (χ0v) is 12.0. The molecule has 1 saturated heterocycles. The summed E-state index contributed by atoms with van der Waals surface area (Å²) in [5.74, 6) is 1.04. The SMILES string of the molecule is CCSc1ccc(Cl)cc1C(=O)N1CCNCC1. The Bertz CT molecular complexity index is 433. The third-order valence-electron chi connectivity index (χ3n) is 2.88. The van der Waals surface area contributed by atoms with Gasteiger partial charge in [-0.15, -0.1) is 11.8 Å². The zero-order valence-electron chi connectivity index (χ0n) is 10.4. The van der Waals surface area contributed by atoms with Gasteiger partial charge in [-0.1, -0.05) is 18.5 Å². The van der Waals surface area contributed by atoms with Gasteiger partial charge in [0.25, 0.3) is 5.91 Å². The Kier molecular flexibility index (Phi) is 4.92. The van der Waals surface area contributed by atoms with Crippen LogP contribution < -0.4 is 5.32 Å². The van der Waals surface area contributed by atoms with Crippen LogP contribution in [0.5, 0.6) is 0 Å². The van der Waals surface area contributed by atoms with Gasteiger partial charge in [0.05, 0.1) is 5.56 Å². The van der Waals surface area contributed by atoms with Crippen LogP contribution in [-0.4, -0.2) is 42.7 Å². The number of thioether (sulfide) groups is 1. The Labute approximate surface area is 117 Å². The Morgan fingerprint density at radius 1 is 1.44 bits per heavy atom. The number of benzene rings is 1. The molecule has 1 aromatic carbocycles. The second-order valence-electron chi connectivity index (χ2n) is 4.12. The van der Waals surface area contributed by atoms with E-state index in [9.17, 15) is 4.79 Å². The maximum Gasteiger partial charge on any atom is 0.255 e. The summed E-state index contributed by atoms with van der Waals surface area (Å²) in [4.78, 5) is 15.4. The molecule has 1 amide bonds. The molecular formula is C13H17ClN2OS. The van der Waals surface area contributed by atoms with Crippen molar-refractivity contribution in [2.75, 3.05) is 31.9 Å². The molecule has 3 nitrogen and oxygen atoms in total. The Hall–Kier alpha value is -0.710. The first-order valence-electron chi connectivity index (χ1n) is 6.14. The molecule has 98 valence electrons. The predicted molar refractivity (Wildman–Crippen MR) is 76.6 cm³/mol. The predicted octanol–water partition coefficient (Wildman–Crippen LogP) is 2.50. The lowest BCUT2D eigenvalue weighted by molar-refractivity contribution is 0.0732. The van der Waals surface area contributed by atoms with Crippen molar-refractivity contribution < 1.29 is 4.79 Å². The molecule has 0 aromatic heterocycles. The average molecular weight is 285 g/mol. The van der Waals surface area contributed by atoms with E-state index in [1.165, 1.54) is 0 Å². The minimum absolute atomic E-state index is 0.0925. The van der Waals surface area contributed by atoms with Crippen LogP contribution in [0.4, 0.5) is 0 Å². The number of amides is 1. The van der Waals surface area contributed by atoms with Crippen molar-refractivity contribution in [3.05, 3.63) is 28.8 Å². The third kappa shape index (κ3) is 3.19. The lowest BCUT2D eigenvalue weighted by Crippen LogP contribution is -2.46. The average Bonchev–Trinajstić information content (AvgIpc) is 2.41. The second-order valence-corrected chi connectivity index (χ2v) is 5.86. The van der Waals surface area contributed by atoms with E-state index in [4.69, 9.17) is 11.6 Å². The van der Waals surface area contributed by atoms with Gasteiger partial charge >= 0.3 is 0 Å². The number of rotatable bonds is 3. The lowest BCUT2D eigenvalue weighted by atomic mass is 10.2. The molecule has 0 atom stereocenters. The summed E-state index contributed by atoms with van der Waals surface area (Å²) >= 11 is 7.69. The topological polar surface area (TPSA) is 32.3 Å². The fraction of sp³-hybridized carbons (Fsp3) is 0.462. The van der Waals surface area contributed by atoms with Crippen molar-refractivity contribution in [3.8, 4) is 0 Å². The van der Waals surface area contributed by atoms with Crippen LogP contribution in [0.2, 0.25) is 5.02 Å². The van der Waals surface area contributed by atoms with Gasteiger partial charge in [0, 0.05) is 36.1 Å². The fourth-order valence-corrected chi connectivity index (χ4v) is 2.94. The minimum Gasteiger partial charge on any atom is -0.336 e. The van der Waals surface area contributed by atoms with Crippen LogP contribution in [0.1, 0.15) is 17.3 Å². The summed E-state index contributed by atoms with van der Waals surface area (Å²) < 4.78 is 0. The van der Waals surface area contributed by atoms with E-state index in [1.54, 1.807) is 17.8 Å². The number of nitrogens with one attached hydrogen (secondary N) is 1. The second kappa shape index (κ2) is 6.45. The van der Waals surface area contributed by atoms with Gasteiger partial charge < -0.3 is 10.2 Å². The van der Waals surface area contributed by atoms with Crippen LogP contribution >= 0.6 is 23.4 Å². The molecule has 1 fully saturated rings. The molecule has 0 radical (unpaired) electrons. The van der Waals surface area contributed by atoms with Gasteiger partial charge in [0.2, 0.25) is 0 Å². The first kappa shape index (κ1) is 13.7. The summed E-state index contributed by atoms with van der Waals surface area (Å²) in [5, 5.41) is 3.87. The lowest BCUT2D eigenvalue weighted by Gasteiger charge is -2.28. The molecule has 5 heteroatoms. The molecule has 2 rings (SSSR count). The van der Waals surface area contributed by atoms with Crippen molar-refractivity contribution in [2.24, 2.45) is 0 Å². The summed E-state index contributed by atoms with van der Waals surface area (Å²) in [6, 6.07) is 5.56. The Morgan fingerprint density at radius 2 is 2.17 bits per heavy atom. The van der Waals surface area contributed by atoms with Crippen LogP contribution in [0.25, 0.3) is 0 Å². The van der Waals surface area contributed by atoms with E-state index < -0.39 is 0 Å². The summed E-state index contributed by atoms with van der Waals surface area (Å²) in [5.41, 5.74) is 0.733. The highest BCUT2D eigenvalue weighted by Gasteiger charge is 2.20. The molecular weight excluding hydrogens is 268 g/mol. The number of halogens is 1. The molecule has 1 heterocycles. The maximum absolute atomic E-state index is 12.5. The number of carbonyl (C=O) groups is 1. The zero-order chi connectivity index (χ0) is 13.0. The molecule has 0 aliphatic carbocycles. The van der Waals surface area contributed by atoms with Gasteiger partial charge in [-0.25, -0.2) is 0 Å². The van der Waals surface area contributed by atoms with Crippen molar-refractivity contribution in [2.45, 2.75) is 11.8 Å². The quantitative estimate of drug-likeness (QED) is 0.866. The molecule has 0 saturated carbocycles. The summed E-state index contributed by atoms with van der Waals surface area (Å²) in [7, 11) is 0. The van der Waals surface area contributed by atoms with Crippen molar-refractivity contribution in [1.29, 1.82) is 0 Å². The number of nitrogens with zero attached hydrogens (tertiary/aromatic N) is 1. The van der Waals surface area contributed by atoms with Gasteiger partial charge in [0.1, 0.15) is 0 Å². The maximum atomic E-state index is 12.5. The van der Waals surface area contributed by atoms with Gasteiger partial charge in [-0.2, -0.15) is 0 Å². The van der Waals surface area contributed by atoms with Crippen molar-refractivity contribution in [1.82, 2.24) is 10.2 Å². The Balaban J connectivity index is 2.24. The molecule has 1 aliphatic rings. The highest BCUT2D eigenvalue weighted by atomic mass is 35.5. The largest absolute Gasteiger partial charge is 0.336 e. The van der Waals surface area contributed by atoms with E-state index in [1.807, 2.05) is 17.0 Å². The van der Waals surface area contributed by atoms with Gasteiger partial charge in [-0.05, 0) is 24.0 Å². The van der Waals surface area contributed by atoms with E-state index in [0.717, 1.165) is 42.4 Å². The molecule has 1 aliphatic heterocycles. The first-order valence-corrected chi connectivity index (χ1v) is 7.51. The number of piperazine rings is 1. The summed E-state index contributed by atoms with van der Waals surface area (Å²) in [6.07, 6.45) is 0. The first-order chi connectivity index (χ1) is 8.72. The molecule has 0 unspecified atom stereocenters. The molecule has 18 heavy (non-hydrogen) atoms. The van der Waals surface area contributed by atoms with E-state index in [2.05, 4.69) is 12.2 Å². The molecule has 0 bridgehead atoms. The van der Waals surface area contributed by atoms with Crippen LogP contribution in [0.3, 0.4) is 0 Å². The van der Waals surface area contributed by atoms with Crippen LogP contribution in [-0.2, 0) is 0 Å². The minimum atomic E-state index is 0.0925. The summed E-state index contributed by atoms with van der Waals surface area (Å²) in [6.45, 7) is 5.34. The van der Waals surface area contributed by atoms with E-state index >= 15 is 0 Å². The van der Waals surface area contributed by atoms with Crippen molar-refractivity contribution in [3.63, 3.8) is 0 Å². The van der Waals surface area contributed by atoms with E-state index in [-0.39, 0.29) is 5.91 Å². The molecule has 1 N–H and O–H groups in total.